The zero-order valence-electron chi connectivity index (χ0n) is 3.07. The summed E-state index contributed by atoms with van der Waals surface area (Å²) in [6.07, 6.45) is 0. The van der Waals surface area contributed by atoms with Gasteiger partial charge < -0.3 is 0 Å². The summed E-state index contributed by atoms with van der Waals surface area (Å²) >= 11 is 0. The van der Waals surface area contributed by atoms with Crippen LogP contribution in [-0.4, -0.2) is 0 Å². The summed E-state index contributed by atoms with van der Waals surface area (Å²) in [4.78, 5) is 0. The van der Waals surface area contributed by atoms with Crippen molar-refractivity contribution < 1.29 is 42.3 Å². The van der Waals surface area contributed by atoms with Crippen molar-refractivity contribution >= 4 is 7.81 Å². The van der Waals surface area contributed by atoms with Gasteiger partial charge in [0.05, 0.1) is 0 Å². The van der Waals surface area contributed by atoms with Crippen LogP contribution in [-0.2, 0) is 17.1 Å². The van der Waals surface area contributed by atoms with E-state index < -0.39 is 7.81 Å². The third-order valence-corrected chi connectivity index (χ3v) is 0. The van der Waals surface area contributed by atoms with Gasteiger partial charge in [-0.15, -0.1) is 0 Å². The van der Waals surface area contributed by atoms with Gasteiger partial charge >= 0.3 is 50.1 Å². The molecule has 0 spiro atoms. The van der Waals surface area contributed by atoms with Gasteiger partial charge in [0, 0.05) is 0 Å². The summed E-state index contributed by atoms with van der Waals surface area (Å²) in [7, 11) is -10.7. The Morgan fingerprint density at radius 1 is 0.625 bits per heavy atom. The van der Waals surface area contributed by atoms with Crippen molar-refractivity contribution in [2.24, 2.45) is 0 Å². The van der Waals surface area contributed by atoms with Crippen molar-refractivity contribution in [1.29, 1.82) is 0 Å². The molecule has 0 amide bonds. The fourth-order valence-corrected chi connectivity index (χ4v) is 0. The van der Waals surface area contributed by atoms with Gasteiger partial charge in [0.25, 0.3) is 0 Å². The van der Waals surface area contributed by atoms with Crippen molar-refractivity contribution in [2.45, 2.75) is 0 Å². The Kier molecular flexibility index (Phi) is 1.89. The molecule has 0 aromatic carbocycles. The van der Waals surface area contributed by atoms with E-state index in [9.17, 15) is 25.2 Å². The van der Waals surface area contributed by atoms with Crippen molar-refractivity contribution in [3.8, 4) is 0 Å². The SMILES string of the molecule is F[P-](F)(F)(F)(F)F.[Fe+]. The number of hydrogen-bond acceptors (Lipinski definition) is 0. The van der Waals surface area contributed by atoms with Crippen LogP contribution in [0.3, 0.4) is 0 Å². The fraction of sp³-hybridized carbons (Fsp3) is 0. The van der Waals surface area contributed by atoms with Crippen LogP contribution < -0.4 is 0 Å². The molecule has 0 fully saturated rings. The second-order valence-corrected chi connectivity index (χ2v) is 2.87. The van der Waals surface area contributed by atoms with Gasteiger partial charge in [-0.2, -0.15) is 0 Å². The van der Waals surface area contributed by atoms with E-state index in [-0.39, 0.29) is 17.1 Å². The van der Waals surface area contributed by atoms with Crippen LogP contribution >= 0.6 is 7.81 Å². The molecular formula is F6FeP. The first-order chi connectivity index (χ1) is 2.45. The second kappa shape index (κ2) is 1.33. The maximum atomic E-state index is 9.87. The molecular weight excluding hydrogens is 201 g/mol. The molecule has 8 heavy (non-hydrogen) atoms. The monoisotopic (exact) mass is 201 g/mol. The second-order valence-electron chi connectivity index (χ2n) is 0.958. The smallest absolute Gasteiger partial charge is 1.00 e. The van der Waals surface area contributed by atoms with Crippen molar-refractivity contribution in [2.75, 3.05) is 0 Å². The standard InChI is InChI=1S/F6P.Fe/c1-7(2,3,4,5)6;/q-1;+1. The molecule has 0 saturated carbocycles. The van der Waals surface area contributed by atoms with Crippen molar-refractivity contribution in [3.05, 3.63) is 0 Å². The van der Waals surface area contributed by atoms with Crippen molar-refractivity contribution in [1.82, 2.24) is 0 Å². The minimum absolute atomic E-state index is 0. The van der Waals surface area contributed by atoms with E-state index >= 15 is 0 Å². The zero-order chi connectivity index (χ0) is 6.41. The maximum Gasteiger partial charge on any atom is 1.00 e. The van der Waals surface area contributed by atoms with Crippen LogP contribution in [0.4, 0.5) is 25.2 Å². The molecule has 0 atom stereocenters. The number of rotatable bonds is 0. The minimum atomic E-state index is -10.7. The molecule has 55 valence electrons. The molecule has 0 aromatic heterocycles. The van der Waals surface area contributed by atoms with Crippen LogP contribution in [0.1, 0.15) is 0 Å². The number of hydrogen-bond donors (Lipinski definition) is 0. The van der Waals surface area contributed by atoms with Crippen LogP contribution in [0.25, 0.3) is 0 Å². The predicted molar refractivity (Wildman–Crippen MR) is 13.6 cm³/mol. The summed E-state index contributed by atoms with van der Waals surface area (Å²) in [5.74, 6) is 0. The Morgan fingerprint density at radius 3 is 0.625 bits per heavy atom. The van der Waals surface area contributed by atoms with Gasteiger partial charge in [-0.1, -0.05) is 0 Å². The van der Waals surface area contributed by atoms with Crippen LogP contribution in [0.15, 0.2) is 0 Å². The maximum absolute atomic E-state index is 10.7. The molecule has 0 N–H and O–H groups in total. The summed E-state index contributed by atoms with van der Waals surface area (Å²) < 4.78 is 59.2. The molecule has 0 aliphatic rings. The quantitative estimate of drug-likeness (QED) is 0.320. The topological polar surface area (TPSA) is 0 Å². The van der Waals surface area contributed by atoms with E-state index in [1.165, 1.54) is 0 Å². The molecule has 1 radical (unpaired) electrons. The van der Waals surface area contributed by atoms with Crippen LogP contribution in [0.2, 0.25) is 0 Å². The molecule has 0 heterocycles. The van der Waals surface area contributed by atoms with Gasteiger partial charge in [0.15, 0.2) is 0 Å². The molecule has 0 bridgehead atoms. The zero-order valence-corrected chi connectivity index (χ0v) is 5.07. The Bertz CT molecular complexity index is 67.1. The molecule has 0 nitrogen and oxygen atoms in total. The average molecular weight is 201 g/mol. The minimum Gasteiger partial charge on any atom is 1.00 e. The fourth-order valence-electron chi connectivity index (χ4n) is 0. The molecule has 0 aromatic rings. The Labute approximate surface area is 51.0 Å². The van der Waals surface area contributed by atoms with E-state index in [1.807, 2.05) is 0 Å². The summed E-state index contributed by atoms with van der Waals surface area (Å²) in [5.41, 5.74) is 0. The molecule has 8 heteroatoms. The van der Waals surface area contributed by atoms with Gasteiger partial charge in [-0.3, -0.25) is 0 Å². The largest absolute Gasteiger partial charge is 1.00 e. The molecule has 0 saturated heterocycles. The Hall–Kier alpha value is 0.529. The molecule has 0 aliphatic carbocycles. The van der Waals surface area contributed by atoms with Gasteiger partial charge in [0.2, 0.25) is 0 Å². The van der Waals surface area contributed by atoms with Gasteiger partial charge in [-0.05, 0) is 0 Å². The van der Waals surface area contributed by atoms with E-state index in [2.05, 4.69) is 0 Å². The summed E-state index contributed by atoms with van der Waals surface area (Å²) in [5, 5.41) is 0. The summed E-state index contributed by atoms with van der Waals surface area (Å²) in [6, 6.07) is 0. The van der Waals surface area contributed by atoms with Crippen LogP contribution in [0.5, 0.6) is 0 Å². The normalized spacial score (nSPS) is 20.2. The first-order valence-electron chi connectivity index (χ1n) is 1.01. The van der Waals surface area contributed by atoms with Gasteiger partial charge in [0.1, 0.15) is 0 Å². The van der Waals surface area contributed by atoms with Crippen molar-refractivity contribution in [3.63, 3.8) is 0 Å². The van der Waals surface area contributed by atoms with Gasteiger partial charge in [-0.25, -0.2) is 0 Å². The average Bonchev–Trinajstić information content (AvgIpc) is 0.592. The number of halogens is 6. The van der Waals surface area contributed by atoms with E-state index in [4.69, 9.17) is 0 Å². The predicted octanol–water partition coefficient (Wildman–Crippen LogP) is 3.38. The summed E-state index contributed by atoms with van der Waals surface area (Å²) in [6.45, 7) is 0. The molecule has 0 aliphatic heterocycles. The van der Waals surface area contributed by atoms with E-state index in [0.717, 1.165) is 0 Å². The first-order valence-corrected chi connectivity index (χ1v) is 3.04. The first kappa shape index (κ1) is 11.3. The van der Waals surface area contributed by atoms with Crippen LogP contribution in [0, 0.1) is 0 Å². The van der Waals surface area contributed by atoms with E-state index in [1.54, 1.807) is 0 Å². The third kappa shape index (κ3) is 712. The Balaban J connectivity index is 0. The molecule has 0 rings (SSSR count). The Morgan fingerprint density at radius 2 is 0.625 bits per heavy atom. The third-order valence-electron chi connectivity index (χ3n) is 0. The molecule has 0 unspecified atom stereocenters. The van der Waals surface area contributed by atoms with E-state index in [0.29, 0.717) is 0 Å².